The topological polar surface area (TPSA) is 80.6 Å². The molecule has 114 valence electrons. The summed E-state index contributed by atoms with van der Waals surface area (Å²) in [6, 6.07) is 1.59. The second-order valence-electron chi connectivity index (χ2n) is 5.58. The molecule has 2 aliphatic rings. The summed E-state index contributed by atoms with van der Waals surface area (Å²) in [6.07, 6.45) is 3.50. The smallest absolute Gasteiger partial charge is 0.312 e. The molecule has 3 rings (SSSR count). The number of carbonyl (C=O) groups is 2. The van der Waals surface area contributed by atoms with Crippen LogP contribution in [0.25, 0.3) is 0 Å². The molecule has 2 N–H and O–H groups in total. The third-order valence-electron chi connectivity index (χ3n) is 4.24. The first-order valence-corrected chi connectivity index (χ1v) is 7.83. The van der Waals surface area contributed by atoms with Crippen LogP contribution in [-0.4, -0.2) is 37.6 Å². The lowest BCUT2D eigenvalue weighted by Gasteiger charge is -2.29. The van der Waals surface area contributed by atoms with Crippen LogP contribution < -0.4 is 10.6 Å². The van der Waals surface area contributed by atoms with Crippen molar-refractivity contribution < 1.29 is 18.7 Å². The van der Waals surface area contributed by atoms with Gasteiger partial charge in [0.05, 0.1) is 23.8 Å². The predicted molar refractivity (Wildman–Crippen MR) is 77.8 cm³/mol. The first kappa shape index (κ1) is 14.6. The van der Waals surface area contributed by atoms with E-state index in [1.165, 1.54) is 6.26 Å². The van der Waals surface area contributed by atoms with Crippen LogP contribution in [0.3, 0.4) is 0 Å². The minimum Gasteiger partial charge on any atom is -0.460 e. The Morgan fingerprint density at radius 2 is 2.24 bits per heavy atom. The summed E-state index contributed by atoms with van der Waals surface area (Å²) in [4.78, 5) is 24.1. The Labute approximate surface area is 130 Å². The predicted octanol–water partition coefficient (Wildman–Crippen LogP) is 1.46. The first-order chi connectivity index (χ1) is 10.1. The zero-order valence-electron chi connectivity index (χ0n) is 11.5. The Bertz CT molecular complexity index is 551. The highest BCUT2D eigenvalue weighted by Gasteiger charge is 2.49. The Balaban J connectivity index is 1.56. The number of esters is 1. The average molecular weight is 357 g/mol. The number of piperidine rings is 1. The van der Waals surface area contributed by atoms with E-state index in [0.29, 0.717) is 23.2 Å². The Morgan fingerprint density at radius 1 is 1.48 bits per heavy atom. The second-order valence-corrected chi connectivity index (χ2v) is 6.30. The monoisotopic (exact) mass is 356 g/mol. The molecule has 0 aromatic carbocycles. The van der Waals surface area contributed by atoms with Gasteiger partial charge in [-0.25, -0.2) is 0 Å². The number of halogens is 1. The van der Waals surface area contributed by atoms with Gasteiger partial charge in [0.25, 0.3) is 5.91 Å². The van der Waals surface area contributed by atoms with Crippen LogP contribution in [0.5, 0.6) is 0 Å². The van der Waals surface area contributed by atoms with Crippen molar-refractivity contribution in [2.75, 3.05) is 19.6 Å². The molecule has 0 radical (unpaired) electrons. The Hall–Kier alpha value is -1.34. The van der Waals surface area contributed by atoms with E-state index in [9.17, 15) is 9.59 Å². The zero-order valence-corrected chi connectivity index (χ0v) is 13.1. The van der Waals surface area contributed by atoms with Crippen molar-refractivity contribution in [1.29, 1.82) is 0 Å². The van der Waals surface area contributed by atoms with E-state index in [1.54, 1.807) is 6.07 Å². The van der Waals surface area contributed by atoms with Crippen molar-refractivity contribution in [3.05, 3.63) is 22.6 Å². The summed E-state index contributed by atoms with van der Waals surface area (Å²) in [5.74, 6) is -0.356. The van der Waals surface area contributed by atoms with Crippen molar-refractivity contribution in [1.82, 2.24) is 10.6 Å². The van der Waals surface area contributed by atoms with Crippen LogP contribution in [0.4, 0.5) is 0 Å². The fourth-order valence-electron chi connectivity index (χ4n) is 3.02. The van der Waals surface area contributed by atoms with E-state index < -0.39 is 0 Å². The standard InChI is InChI=1S/C14H17BrN2O4/c15-11-10(1-6-20-11)12(18)17-8-9-7-14(13(19)21-9)2-4-16-5-3-14/h1,6,9,16H,2-5,7-8H2,(H,17,18). The van der Waals surface area contributed by atoms with E-state index in [4.69, 9.17) is 9.15 Å². The maximum atomic E-state index is 12.1. The van der Waals surface area contributed by atoms with E-state index >= 15 is 0 Å². The number of ether oxygens (including phenoxy) is 1. The highest BCUT2D eigenvalue weighted by molar-refractivity contribution is 9.10. The molecule has 2 fully saturated rings. The molecule has 1 aromatic heterocycles. The van der Waals surface area contributed by atoms with Crippen molar-refractivity contribution in [3.63, 3.8) is 0 Å². The van der Waals surface area contributed by atoms with Crippen LogP contribution >= 0.6 is 15.9 Å². The van der Waals surface area contributed by atoms with Crippen molar-refractivity contribution in [2.45, 2.75) is 25.4 Å². The van der Waals surface area contributed by atoms with Gasteiger partial charge in [-0.1, -0.05) is 0 Å². The summed E-state index contributed by atoms with van der Waals surface area (Å²) in [7, 11) is 0. The molecular formula is C14H17BrN2O4. The molecule has 7 heteroatoms. The minimum atomic E-state index is -0.350. The molecule has 1 amide bonds. The number of furan rings is 1. The molecular weight excluding hydrogens is 340 g/mol. The molecule has 3 heterocycles. The third kappa shape index (κ3) is 2.85. The van der Waals surface area contributed by atoms with Gasteiger partial charge in [-0.05, 0) is 47.9 Å². The molecule has 1 aromatic rings. The molecule has 0 saturated carbocycles. The van der Waals surface area contributed by atoms with Crippen molar-refractivity contribution in [3.8, 4) is 0 Å². The zero-order chi connectivity index (χ0) is 14.9. The molecule has 1 spiro atoms. The van der Waals surface area contributed by atoms with Crippen LogP contribution in [0.15, 0.2) is 21.4 Å². The van der Waals surface area contributed by atoms with Gasteiger partial charge in [0.15, 0.2) is 4.67 Å². The maximum absolute atomic E-state index is 12.1. The van der Waals surface area contributed by atoms with Gasteiger partial charge in [0.1, 0.15) is 6.10 Å². The van der Waals surface area contributed by atoms with Gasteiger partial charge in [-0.3, -0.25) is 9.59 Å². The van der Waals surface area contributed by atoms with Gasteiger partial charge in [-0.15, -0.1) is 0 Å². The summed E-state index contributed by atoms with van der Waals surface area (Å²) in [6.45, 7) is 2.02. The van der Waals surface area contributed by atoms with Gasteiger partial charge in [0, 0.05) is 6.42 Å². The molecule has 1 atom stereocenters. The molecule has 1 unspecified atom stereocenters. The van der Waals surface area contributed by atoms with Crippen LogP contribution in [0.2, 0.25) is 0 Å². The summed E-state index contributed by atoms with van der Waals surface area (Å²) in [5, 5.41) is 6.04. The maximum Gasteiger partial charge on any atom is 0.312 e. The van der Waals surface area contributed by atoms with E-state index in [0.717, 1.165) is 25.9 Å². The fraction of sp³-hybridized carbons (Fsp3) is 0.571. The number of hydrogen-bond acceptors (Lipinski definition) is 5. The number of carbonyl (C=O) groups excluding carboxylic acids is 2. The fourth-order valence-corrected chi connectivity index (χ4v) is 3.44. The lowest BCUT2D eigenvalue weighted by atomic mass is 9.76. The second kappa shape index (κ2) is 5.81. The summed E-state index contributed by atoms with van der Waals surface area (Å²) >= 11 is 3.17. The molecule has 0 aliphatic carbocycles. The number of nitrogens with one attached hydrogen (secondary N) is 2. The molecule has 2 aliphatic heterocycles. The number of rotatable bonds is 3. The van der Waals surface area contributed by atoms with Gasteiger partial charge >= 0.3 is 5.97 Å². The highest BCUT2D eigenvalue weighted by atomic mass is 79.9. The van der Waals surface area contributed by atoms with Crippen molar-refractivity contribution >= 4 is 27.8 Å². The minimum absolute atomic E-state index is 0.118. The average Bonchev–Trinajstić information content (AvgIpc) is 3.02. The van der Waals surface area contributed by atoms with Gasteiger partial charge in [0.2, 0.25) is 0 Å². The van der Waals surface area contributed by atoms with Crippen molar-refractivity contribution in [2.24, 2.45) is 5.41 Å². The number of hydrogen-bond donors (Lipinski definition) is 2. The Kier molecular flexibility index (Phi) is 4.03. The lowest BCUT2D eigenvalue weighted by Crippen LogP contribution is -2.39. The van der Waals surface area contributed by atoms with Crippen LogP contribution in [0, 0.1) is 5.41 Å². The van der Waals surface area contributed by atoms with Gasteiger partial charge in [-0.2, -0.15) is 0 Å². The Morgan fingerprint density at radius 3 is 2.90 bits per heavy atom. The number of amides is 1. The SMILES string of the molecule is O=C(NCC1CC2(CCNCC2)C(=O)O1)c1ccoc1Br. The summed E-state index contributed by atoms with van der Waals surface area (Å²) < 4.78 is 10.9. The normalized spacial score (nSPS) is 24.0. The van der Waals surface area contributed by atoms with Crippen LogP contribution in [-0.2, 0) is 9.53 Å². The van der Waals surface area contributed by atoms with Gasteiger partial charge < -0.3 is 19.8 Å². The van der Waals surface area contributed by atoms with E-state index in [1.807, 2.05) is 0 Å². The van der Waals surface area contributed by atoms with E-state index in [2.05, 4.69) is 26.6 Å². The number of cyclic esters (lactones) is 1. The lowest BCUT2D eigenvalue weighted by molar-refractivity contribution is -0.149. The highest BCUT2D eigenvalue weighted by Crippen LogP contribution is 2.41. The first-order valence-electron chi connectivity index (χ1n) is 7.04. The molecule has 21 heavy (non-hydrogen) atoms. The quantitative estimate of drug-likeness (QED) is 0.801. The third-order valence-corrected chi connectivity index (χ3v) is 4.85. The largest absolute Gasteiger partial charge is 0.460 e. The molecule has 0 bridgehead atoms. The van der Waals surface area contributed by atoms with E-state index in [-0.39, 0.29) is 23.4 Å². The molecule has 2 saturated heterocycles. The molecule has 6 nitrogen and oxygen atoms in total. The summed E-state index contributed by atoms with van der Waals surface area (Å²) in [5.41, 5.74) is 0.0903. The van der Waals surface area contributed by atoms with Crippen LogP contribution in [0.1, 0.15) is 29.6 Å².